The summed E-state index contributed by atoms with van der Waals surface area (Å²) in [6, 6.07) is 11.3. The zero-order valence-corrected chi connectivity index (χ0v) is 12.9. The molecule has 1 aliphatic rings. The van der Waals surface area contributed by atoms with Crippen LogP contribution in [0.2, 0.25) is 5.02 Å². The number of β-amino-alcohol motifs (C(OH)–C–C–N with tert-alkyl or cyclic N) is 1. The highest BCUT2D eigenvalue weighted by Gasteiger charge is 2.26. The lowest BCUT2D eigenvalue weighted by molar-refractivity contribution is -0.117. The van der Waals surface area contributed by atoms with Gasteiger partial charge in [-0.05, 0) is 30.3 Å². The second-order valence-electron chi connectivity index (χ2n) is 5.08. The van der Waals surface area contributed by atoms with Crippen LogP contribution >= 0.6 is 11.6 Å². The van der Waals surface area contributed by atoms with Crippen molar-refractivity contribution in [2.24, 2.45) is 4.99 Å². The summed E-state index contributed by atoms with van der Waals surface area (Å²) < 4.78 is 14.2. The van der Waals surface area contributed by atoms with Crippen molar-refractivity contribution in [1.82, 2.24) is 0 Å². The lowest BCUT2D eigenvalue weighted by atomic mass is 10.1. The molecule has 23 heavy (non-hydrogen) atoms. The van der Waals surface area contributed by atoms with Crippen LogP contribution in [-0.4, -0.2) is 36.4 Å². The van der Waals surface area contributed by atoms with E-state index < -0.39 is 5.82 Å². The zero-order chi connectivity index (χ0) is 16.4. The topological polar surface area (TPSA) is 52.9 Å². The van der Waals surface area contributed by atoms with E-state index in [9.17, 15) is 14.3 Å². The average molecular weight is 339 g/mol. The molecule has 118 valence electrons. The van der Waals surface area contributed by atoms with E-state index in [0.29, 0.717) is 27.5 Å². The number of anilines is 1. The van der Waals surface area contributed by atoms with Crippen LogP contribution in [0, 0.1) is 5.82 Å². The second-order valence-corrected chi connectivity index (χ2v) is 5.51. The number of aliphatic imine (C=N–C) groups is 1. The normalized spacial score (nSPS) is 14.3. The van der Waals surface area contributed by atoms with Crippen molar-refractivity contribution < 1.29 is 14.3 Å². The van der Waals surface area contributed by atoms with E-state index >= 15 is 0 Å². The van der Waals surface area contributed by atoms with Gasteiger partial charge in [0.05, 0.1) is 18.0 Å². The van der Waals surface area contributed by atoms with Crippen LogP contribution in [0.4, 0.5) is 10.1 Å². The Kier molecular flexibility index (Phi) is 4.41. The summed E-state index contributed by atoms with van der Waals surface area (Å²) in [5.41, 5.74) is 1.83. The molecule has 2 aromatic carbocycles. The summed E-state index contributed by atoms with van der Waals surface area (Å²) >= 11 is 6.08. The van der Waals surface area contributed by atoms with Gasteiger partial charge in [0.25, 0.3) is 0 Å². The lowest BCUT2D eigenvalue weighted by Gasteiger charge is -2.22. The van der Waals surface area contributed by atoms with Crippen LogP contribution in [0.5, 0.6) is 0 Å². The van der Waals surface area contributed by atoms with Gasteiger partial charge >= 0.3 is 0 Å². The van der Waals surface area contributed by atoms with Crippen molar-refractivity contribution in [3.63, 3.8) is 0 Å². The molecule has 0 saturated heterocycles. The summed E-state index contributed by atoms with van der Waals surface area (Å²) in [4.78, 5) is 18.0. The maximum absolute atomic E-state index is 14.2. The molecule has 1 aliphatic heterocycles. The number of nitrogens with zero attached hydrogens (tertiary/aromatic N) is 2. The summed E-state index contributed by atoms with van der Waals surface area (Å²) in [5, 5.41) is 9.68. The van der Waals surface area contributed by atoms with E-state index in [1.54, 1.807) is 36.4 Å². The Morgan fingerprint density at radius 2 is 2.00 bits per heavy atom. The van der Waals surface area contributed by atoms with Crippen LogP contribution in [-0.2, 0) is 4.79 Å². The zero-order valence-electron chi connectivity index (χ0n) is 12.2. The molecular formula is C17H14ClFN2O2. The minimum atomic E-state index is -0.416. The van der Waals surface area contributed by atoms with Gasteiger partial charge in [-0.3, -0.25) is 9.79 Å². The van der Waals surface area contributed by atoms with Crippen LogP contribution in [0.15, 0.2) is 47.5 Å². The molecular weight excluding hydrogens is 325 g/mol. The van der Waals surface area contributed by atoms with E-state index in [1.165, 1.54) is 11.0 Å². The molecule has 0 fully saturated rings. The van der Waals surface area contributed by atoms with Crippen molar-refractivity contribution in [3.8, 4) is 0 Å². The van der Waals surface area contributed by atoms with Crippen LogP contribution < -0.4 is 4.90 Å². The molecule has 0 atom stereocenters. The van der Waals surface area contributed by atoms with Gasteiger partial charge in [0.15, 0.2) is 0 Å². The van der Waals surface area contributed by atoms with Crippen LogP contribution in [0.1, 0.15) is 11.1 Å². The number of amides is 1. The van der Waals surface area contributed by atoms with Crippen LogP contribution in [0.25, 0.3) is 0 Å². The van der Waals surface area contributed by atoms with Gasteiger partial charge in [0, 0.05) is 22.7 Å². The van der Waals surface area contributed by atoms with Gasteiger partial charge in [0.2, 0.25) is 5.91 Å². The Morgan fingerprint density at radius 1 is 1.22 bits per heavy atom. The fourth-order valence-electron chi connectivity index (χ4n) is 2.61. The maximum atomic E-state index is 14.2. The molecule has 1 amide bonds. The summed E-state index contributed by atoms with van der Waals surface area (Å²) in [7, 11) is 0. The minimum Gasteiger partial charge on any atom is -0.395 e. The molecule has 0 unspecified atom stereocenters. The molecule has 0 aromatic heterocycles. The first kappa shape index (κ1) is 15.6. The van der Waals surface area contributed by atoms with E-state index in [2.05, 4.69) is 4.99 Å². The van der Waals surface area contributed by atoms with Crippen molar-refractivity contribution in [2.45, 2.75) is 0 Å². The number of carbonyl (C=O) groups excluding carboxylic acids is 1. The highest BCUT2D eigenvalue weighted by molar-refractivity contribution is 6.32. The molecule has 0 saturated carbocycles. The number of hydrogen-bond donors (Lipinski definition) is 1. The second kappa shape index (κ2) is 6.48. The summed E-state index contributed by atoms with van der Waals surface area (Å²) in [6.07, 6.45) is 0. The van der Waals surface area contributed by atoms with Crippen molar-refractivity contribution >= 4 is 28.9 Å². The number of rotatable bonds is 3. The predicted molar refractivity (Wildman–Crippen MR) is 87.8 cm³/mol. The Balaban J connectivity index is 2.22. The number of aliphatic hydroxyl groups excluding tert-OH is 1. The van der Waals surface area contributed by atoms with Gasteiger partial charge < -0.3 is 10.0 Å². The van der Waals surface area contributed by atoms with Crippen molar-refractivity contribution in [3.05, 3.63) is 64.4 Å². The third-order valence-electron chi connectivity index (χ3n) is 3.63. The Hall–Kier alpha value is -2.24. The highest BCUT2D eigenvalue weighted by Crippen LogP contribution is 2.30. The molecule has 1 N–H and O–H groups in total. The number of aliphatic hydroxyl groups is 1. The quantitative estimate of drug-likeness (QED) is 0.935. The molecule has 0 aliphatic carbocycles. The minimum absolute atomic E-state index is 0.115. The molecule has 1 heterocycles. The standard InChI is InChI=1S/C17H14ClFN2O2/c18-11-5-6-15-13(9-11)17(12-3-1-2-4-14(12)19)20-10-16(23)21(15)7-8-22/h1-6,9,22H,7-8,10H2/i5+1,6+1,9+1,11+1,13+1,15+1. The first-order chi connectivity index (χ1) is 11.1. The Morgan fingerprint density at radius 3 is 2.74 bits per heavy atom. The van der Waals surface area contributed by atoms with E-state index in [4.69, 9.17) is 11.6 Å². The molecule has 2 aromatic rings. The van der Waals surface area contributed by atoms with E-state index in [1.807, 2.05) is 0 Å². The molecule has 4 nitrogen and oxygen atoms in total. The third-order valence-corrected chi connectivity index (χ3v) is 3.87. The monoisotopic (exact) mass is 338 g/mol. The number of carbonyl (C=O) groups is 1. The molecule has 3 rings (SSSR count). The molecule has 0 spiro atoms. The first-order valence-corrected chi connectivity index (χ1v) is 7.50. The third kappa shape index (κ3) is 2.98. The van der Waals surface area contributed by atoms with Gasteiger partial charge in [-0.2, -0.15) is 0 Å². The maximum Gasteiger partial charge on any atom is 0.248 e. The van der Waals surface area contributed by atoms with Crippen molar-refractivity contribution in [2.75, 3.05) is 24.6 Å². The summed E-state index contributed by atoms with van der Waals surface area (Å²) in [5.74, 6) is -0.672. The van der Waals surface area contributed by atoms with E-state index in [-0.39, 0.29) is 25.6 Å². The fourth-order valence-corrected chi connectivity index (χ4v) is 2.79. The molecule has 6 heteroatoms. The number of hydrogen-bond acceptors (Lipinski definition) is 3. The lowest BCUT2D eigenvalue weighted by Crippen LogP contribution is -2.34. The smallest absolute Gasteiger partial charge is 0.248 e. The number of fused-ring (bicyclic) bond motifs is 1. The highest BCUT2D eigenvalue weighted by atomic mass is 35.5. The first-order valence-electron chi connectivity index (χ1n) is 7.12. The van der Waals surface area contributed by atoms with Crippen molar-refractivity contribution in [1.29, 1.82) is 0 Å². The average Bonchev–Trinajstić information content (AvgIpc) is 2.66. The summed E-state index contributed by atoms with van der Waals surface area (Å²) in [6.45, 7) is -0.146. The largest absolute Gasteiger partial charge is 0.395 e. The molecule has 0 bridgehead atoms. The number of benzene rings is 2. The predicted octanol–water partition coefficient (Wildman–Crippen LogP) is 2.66. The van der Waals surface area contributed by atoms with E-state index in [0.717, 1.165) is 0 Å². The number of benzodiazepines with no additional fused rings is 1. The SMILES string of the molecule is O=C1CN=C(c2ccccc2F)[13c]2[13cH][13c](Cl)[13cH][13cH][13c]2N1CCO. The Bertz CT molecular complexity index is 792. The van der Waals surface area contributed by atoms with Crippen LogP contribution in [0.3, 0.4) is 0 Å². The fraction of sp³-hybridized carbons (Fsp3) is 0.176. The Labute approximate surface area is 137 Å². The number of halogens is 2. The van der Waals surface area contributed by atoms with Gasteiger partial charge in [0.1, 0.15) is 12.4 Å². The van der Waals surface area contributed by atoms with Gasteiger partial charge in [-0.25, -0.2) is 4.39 Å². The molecule has 0 radical (unpaired) electrons. The van der Waals surface area contributed by atoms with Gasteiger partial charge in [-0.1, -0.05) is 23.7 Å². The van der Waals surface area contributed by atoms with Gasteiger partial charge in [-0.15, -0.1) is 0 Å².